The molecular weight excluding hydrogens is 622 g/mol. The van der Waals surface area contributed by atoms with Crippen molar-refractivity contribution in [2.75, 3.05) is 38.0 Å². The van der Waals surface area contributed by atoms with Crippen LogP contribution in [0.3, 0.4) is 0 Å². The summed E-state index contributed by atoms with van der Waals surface area (Å²) < 4.78 is 54.4. The highest BCUT2D eigenvalue weighted by Gasteiger charge is 2.47. The average molecular weight is 649 g/mol. The van der Waals surface area contributed by atoms with E-state index in [1.165, 1.54) is 39.2 Å². The Morgan fingerprint density at radius 3 is 2.67 bits per heavy atom. The molecule has 8 rings (SSSR count). The van der Waals surface area contributed by atoms with E-state index < -0.39 is 53.2 Å². The second-order valence-corrected chi connectivity index (χ2v) is 12.1. The van der Waals surface area contributed by atoms with Gasteiger partial charge in [0.15, 0.2) is 17.3 Å². The van der Waals surface area contributed by atoms with Crippen LogP contribution in [0.4, 0.5) is 13.6 Å². The fourth-order valence-electron chi connectivity index (χ4n) is 6.70. The summed E-state index contributed by atoms with van der Waals surface area (Å²) >= 11 is 1.31. The third-order valence-corrected chi connectivity index (χ3v) is 9.62. The minimum atomic E-state index is -1.11. The number of halogens is 2. The molecule has 2 fully saturated rings. The van der Waals surface area contributed by atoms with Crippen molar-refractivity contribution >= 4 is 23.4 Å². The number of fused-ring (bicyclic) bond motifs is 7. The topological polar surface area (TPSA) is 112 Å². The van der Waals surface area contributed by atoms with E-state index in [-0.39, 0.29) is 31.0 Å². The summed E-state index contributed by atoms with van der Waals surface area (Å²) in [6.07, 6.45) is 0.0614. The van der Waals surface area contributed by atoms with Crippen molar-refractivity contribution in [1.29, 1.82) is 0 Å². The summed E-state index contributed by atoms with van der Waals surface area (Å²) in [5, 5.41) is 1.79. The zero-order valence-electron chi connectivity index (χ0n) is 24.2. The van der Waals surface area contributed by atoms with Crippen LogP contribution in [0.2, 0.25) is 0 Å². The number of thiazole rings is 1. The first kappa shape index (κ1) is 28.8. The monoisotopic (exact) mass is 648 g/mol. The Bertz CT molecular complexity index is 1940. The molecule has 1 aliphatic carbocycles. The molecule has 2 saturated heterocycles. The van der Waals surface area contributed by atoms with Gasteiger partial charge in [-0.25, -0.2) is 18.6 Å². The number of rotatable bonds is 3. The van der Waals surface area contributed by atoms with E-state index >= 15 is 4.39 Å². The summed E-state index contributed by atoms with van der Waals surface area (Å²) in [4.78, 5) is 47.0. The highest BCUT2D eigenvalue weighted by atomic mass is 32.1. The molecule has 236 valence electrons. The van der Waals surface area contributed by atoms with Crippen LogP contribution >= 0.6 is 11.3 Å². The quantitative estimate of drug-likeness (QED) is 0.297. The molecule has 0 bridgehead atoms. The zero-order chi connectivity index (χ0) is 31.5. The first-order valence-corrected chi connectivity index (χ1v) is 15.7. The van der Waals surface area contributed by atoms with Crippen LogP contribution in [-0.2, 0) is 14.2 Å². The van der Waals surface area contributed by atoms with Gasteiger partial charge in [-0.1, -0.05) is 30.3 Å². The number of carbonyl (C=O) groups is 2. The third-order valence-electron chi connectivity index (χ3n) is 8.76. The molecule has 4 aromatic rings. The van der Waals surface area contributed by atoms with Gasteiger partial charge >= 0.3 is 6.16 Å². The lowest BCUT2D eigenvalue weighted by Gasteiger charge is -2.51. The lowest BCUT2D eigenvalue weighted by Crippen LogP contribution is -2.66. The Morgan fingerprint density at radius 1 is 1.00 bits per heavy atom. The second-order valence-electron chi connectivity index (χ2n) is 11.3. The van der Waals surface area contributed by atoms with Crippen molar-refractivity contribution in [3.63, 3.8) is 0 Å². The summed E-state index contributed by atoms with van der Waals surface area (Å²) in [6, 6.07) is 10.4. The first-order chi connectivity index (χ1) is 22.4. The van der Waals surface area contributed by atoms with E-state index in [2.05, 4.69) is 4.98 Å². The maximum Gasteiger partial charge on any atom is 0.514 e. The van der Waals surface area contributed by atoms with Gasteiger partial charge in [-0.05, 0) is 22.8 Å². The van der Waals surface area contributed by atoms with Gasteiger partial charge in [0, 0.05) is 37.2 Å². The smallest absolute Gasteiger partial charge is 0.430 e. The lowest BCUT2D eigenvalue weighted by atomic mass is 9.92. The van der Waals surface area contributed by atoms with E-state index in [1.807, 2.05) is 24.3 Å². The fourth-order valence-corrected chi connectivity index (χ4v) is 7.54. The number of pyridine rings is 1. The van der Waals surface area contributed by atoms with Crippen molar-refractivity contribution in [3.05, 3.63) is 92.9 Å². The molecule has 0 radical (unpaired) electrons. The molecule has 46 heavy (non-hydrogen) atoms. The van der Waals surface area contributed by atoms with E-state index in [0.29, 0.717) is 42.2 Å². The van der Waals surface area contributed by atoms with Crippen LogP contribution in [-0.4, -0.2) is 71.9 Å². The molecule has 0 N–H and O–H groups in total. The summed E-state index contributed by atoms with van der Waals surface area (Å²) in [6.45, 7) is 1.32. The SMILES string of the molecule is O=C(Oc1c2n(ccc1=O)N([C@@H]1c3ccccc3-c3scnc3-c3c1ccc(F)c3F)[C@@H]1COCCN1C2=O)OC1CCOCC1. The number of ether oxygens (including phenoxy) is 4. The average Bonchev–Trinajstić information content (AvgIpc) is 3.51. The summed E-state index contributed by atoms with van der Waals surface area (Å²) in [5.74, 6) is -3.12. The maximum atomic E-state index is 15.9. The normalized spacial score (nSPS) is 20.5. The number of hydrogen-bond acceptors (Lipinski definition) is 10. The zero-order valence-corrected chi connectivity index (χ0v) is 25.0. The van der Waals surface area contributed by atoms with E-state index in [0.717, 1.165) is 17.2 Å². The molecule has 0 unspecified atom stereocenters. The predicted molar refractivity (Wildman–Crippen MR) is 160 cm³/mol. The molecule has 2 aromatic carbocycles. The molecule has 0 spiro atoms. The summed E-state index contributed by atoms with van der Waals surface area (Å²) in [7, 11) is 0. The van der Waals surface area contributed by atoms with Gasteiger partial charge in [-0.2, -0.15) is 0 Å². The van der Waals surface area contributed by atoms with Crippen molar-refractivity contribution in [1.82, 2.24) is 14.6 Å². The van der Waals surface area contributed by atoms with Gasteiger partial charge in [-0.15, -0.1) is 11.3 Å². The summed E-state index contributed by atoms with van der Waals surface area (Å²) in [5.41, 5.74) is 2.86. The molecule has 1 amide bonds. The molecule has 3 aliphatic heterocycles. The maximum absolute atomic E-state index is 15.9. The van der Waals surface area contributed by atoms with Crippen LogP contribution in [0.25, 0.3) is 21.7 Å². The first-order valence-electron chi connectivity index (χ1n) is 14.8. The number of hydrogen-bond donors (Lipinski definition) is 0. The van der Waals surface area contributed by atoms with E-state index in [9.17, 15) is 18.8 Å². The number of morpholine rings is 1. The van der Waals surface area contributed by atoms with Crippen molar-refractivity contribution in [2.45, 2.75) is 31.2 Å². The molecule has 0 saturated carbocycles. The van der Waals surface area contributed by atoms with Crippen LogP contribution in [0.15, 0.2) is 59.0 Å². The van der Waals surface area contributed by atoms with E-state index in [1.54, 1.807) is 10.5 Å². The Hall–Kier alpha value is -4.66. The highest BCUT2D eigenvalue weighted by Crippen LogP contribution is 2.50. The minimum Gasteiger partial charge on any atom is -0.430 e. The number of carbonyl (C=O) groups excluding carboxylic acids is 2. The molecular formula is C32H26F2N4O7S. The predicted octanol–water partition coefficient (Wildman–Crippen LogP) is 4.46. The number of aromatic nitrogens is 2. The van der Waals surface area contributed by atoms with Crippen molar-refractivity contribution in [3.8, 4) is 27.4 Å². The van der Waals surface area contributed by atoms with E-state index in [4.69, 9.17) is 18.9 Å². The van der Waals surface area contributed by atoms with Gasteiger partial charge < -0.3 is 23.8 Å². The van der Waals surface area contributed by atoms with Gasteiger partial charge in [-0.3, -0.25) is 19.3 Å². The molecule has 2 atom stereocenters. The highest BCUT2D eigenvalue weighted by molar-refractivity contribution is 7.13. The van der Waals surface area contributed by atoms with Crippen molar-refractivity contribution in [2.24, 2.45) is 0 Å². The van der Waals surface area contributed by atoms with Gasteiger partial charge in [0.2, 0.25) is 11.2 Å². The Morgan fingerprint density at radius 2 is 1.83 bits per heavy atom. The van der Waals surface area contributed by atoms with Crippen LogP contribution in [0.1, 0.15) is 40.5 Å². The van der Waals surface area contributed by atoms with Crippen LogP contribution < -0.4 is 15.2 Å². The van der Waals surface area contributed by atoms with Gasteiger partial charge in [0.1, 0.15) is 12.3 Å². The lowest BCUT2D eigenvalue weighted by molar-refractivity contribution is -0.0209. The molecule has 14 heteroatoms. The molecule has 4 aliphatic rings. The largest absolute Gasteiger partial charge is 0.514 e. The number of nitrogens with zero attached hydrogens (tertiary/aromatic N) is 4. The third kappa shape index (κ3) is 4.50. The Balaban J connectivity index is 1.33. The second kappa shape index (κ2) is 11.3. The minimum absolute atomic E-state index is 0.00302. The molecule has 11 nitrogen and oxygen atoms in total. The van der Waals surface area contributed by atoms with Gasteiger partial charge in [0.05, 0.1) is 48.6 Å². The fraction of sp³-hybridized carbons (Fsp3) is 0.312. The standard InChI is InChI=1S/C32H26F2N4O7S/c33-21-6-5-20-24(25(21)34)26-30(46-16-35-26)19-4-2-1-3-18(19)27(20)38-23-15-43-14-11-36(23)31(40)28-29(22(39)7-10-37(28)38)45-32(41)44-17-8-12-42-13-9-17/h1-7,10,16-17,23,27H,8-9,11-15H2/t23-,27-/m1/s1. The number of benzene rings is 2. The number of amides is 1. The molecule has 2 aromatic heterocycles. The van der Waals surface area contributed by atoms with Crippen LogP contribution in [0.5, 0.6) is 5.75 Å². The van der Waals surface area contributed by atoms with Crippen LogP contribution in [0, 0.1) is 11.6 Å². The van der Waals surface area contributed by atoms with Gasteiger partial charge in [0.25, 0.3) is 5.91 Å². The molecule has 5 heterocycles. The van der Waals surface area contributed by atoms with Crippen molar-refractivity contribution < 1.29 is 37.3 Å². The Kier molecular flexibility index (Phi) is 7.07. The Labute approximate surface area is 264 Å².